The van der Waals surface area contributed by atoms with Gasteiger partial charge in [0.25, 0.3) is 11.5 Å². The lowest BCUT2D eigenvalue weighted by molar-refractivity contribution is 0.0946. The third-order valence-corrected chi connectivity index (χ3v) is 5.52. The third kappa shape index (κ3) is 4.89. The average molecular weight is 474 g/mol. The molecule has 2 aromatic carbocycles. The number of aryl methyl sites for hydroxylation is 2. The fraction of sp³-hybridized carbons (Fsp3) is 0.154. The number of methoxy groups -OCH3 is 1. The number of aromatic nitrogens is 3. The van der Waals surface area contributed by atoms with Gasteiger partial charge in [0.1, 0.15) is 11.6 Å². The minimum atomic E-state index is -0.519. The minimum Gasteiger partial charge on any atom is -0.496 e. The van der Waals surface area contributed by atoms with Crippen molar-refractivity contribution in [2.45, 2.75) is 13.5 Å². The van der Waals surface area contributed by atoms with E-state index in [0.717, 1.165) is 5.56 Å². The minimum absolute atomic E-state index is 0.0627. The van der Waals surface area contributed by atoms with Gasteiger partial charge in [-0.2, -0.15) is 0 Å². The maximum atomic E-state index is 13.5. The van der Waals surface area contributed by atoms with E-state index in [0.29, 0.717) is 33.8 Å². The number of carbonyl (C=O) groups is 1. The summed E-state index contributed by atoms with van der Waals surface area (Å²) in [7, 11) is 3.18. The van der Waals surface area contributed by atoms with Gasteiger partial charge in [0.05, 0.1) is 18.5 Å². The highest BCUT2D eigenvalue weighted by molar-refractivity contribution is 5.98. The van der Waals surface area contributed by atoms with Gasteiger partial charge in [-0.25, -0.2) is 14.4 Å². The molecule has 0 spiro atoms. The largest absolute Gasteiger partial charge is 0.496 e. The van der Waals surface area contributed by atoms with Crippen molar-refractivity contribution in [3.8, 4) is 28.3 Å². The number of nitrogens with one attached hydrogen (secondary N) is 1. The van der Waals surface area contributed by atoms with Crippen molar-refractivity contribution in [2.24, 2.45) is 7.05 Å². The molecule has 0 saturated carbocycles. The number of benzene rings is 2. The fourth-order valence-electron chi connectivity index (χ4n) is 3.74. The molecule has 9 heteroatoms. The number of hydrogen-bond donors (Lipinski definition) is 2. The summed E-state index contributed by atoms with van der Waals surface area (Å²) in [6.07, 6.45) is 1.61. The highest BCUT2D eigenvalue weighted by Crippen LogP contribution is 2.31. The first-order valence-corrected chi connectivity index (χ1v) is 10.8. The molecule has 0 aliphatic carbocycles. The topological polar surface area (TPSA) is 112 Å². The summed E-state index contributed by atoms with van der Waals surface area (Å²) < 4.78 is 20.3. The summed E-state index contributed by atoms with van der Waals surface area (Å²) in [5.74, 6) is -0.358. The third-order valence-electron chi connectivity index (χ3n) is 5.52. The Hall–Kier alpha value is -4.53. The van der Waals surface area contributed by atoms with E-state index in [2.05, 4.69) is 15.3 Å². The Labute approximate surface area is 201 Å². The van der Waals surface area contributed by atoms with Crippen molar-refractivity contribution in [1.82, 2.24) is 19.9 Å². The van der Waals surface area contributed by atoms with Crippen LogP contribution in [0.25, 0.3) is 22.5 Å². The number of anilines is 1. The van der Waals surface area contributed by atoms with Crippen LogP contribution >= 0.6 is 0 Å². The van der Waals surface area contributed by atoms with E-state index in [-0.39, 0.29) is 23.6 Å². The summed E-state index contributed by atoms with van der Waals surface area (Å²) in [4.78, 5) is 34.3. The Kier molecular flexibility index (Phi) is 6.59. The zero-order chi connectivity index (χ0) is 25.1. The molecule has 178 valence electrons. The zero-order valence-electron chi connectivity index (χ0n) is 19.5. The molecule has 0 aliphatic heterocycles. The number of pyridine rings is 1. The predicted molar refractivity (Wildman–Crippen MR) is 131 cm³/mol. The SMILES string of the molecule is COc1ccccc1CNC(=O)c1nc(-c2cc(C)c(=O)n(C)c2)c(-c2ccc(F)cc2)nc1N. The van der Waals surface area contributed by atoms with Gasteiger partial charge in [-0.15, -0.1) is 0 Å². The first kappa shape index (κ1) is 23.6. The summed E-state index contributed by atoms with van der Waals surface area (Å²) in [6, 6.07) is 14.7. The molecule has 1 amide bonds. The molecule has 8 nitrogen and oxygen atoms in total. The van der Waals surface area contributed by atoms with Gasteiger partial charge in [-0.1, -0.05) is 18.2 Å². The van der Waals surface area contributed by atoms with Crippen LogP contribution in [0.3, 0.4) is 0 Å². The lowest BCUT2D eigenvalue weighted by Gasteiger charge is -2.15. The zero-order valence-corrected chi connectivity index (χ0v) is 19.5. The molecule has 0 bridgehead atoms. The first-order valence-electron chi connectivity index (χ1n) is 10.8. The molecule has 35 heavy (non-hydrogen) atoms. The van der Waals surface area contributed by atoms with E-state index in [1.807, 2.05) is 18.2 Å². The molecule has 0 unspecified atom stereocenters. The number of carbonyl (C=O) groups excluding carboxylic acids is 1. The van der Waals surface area contributed by atoms with Crippen LogP contribution in [0, 0.1) is 12.7 Å². The molecule has 0 fully saturated rings. The van der Waals surface area contributed by atoms with Crippen molar-refractivity contribution in [3.05, 3.63) is 93.8 Å². The lowest BCUT2D eigenvalue weighted by atomic mass is 10.0. The summed E-state index contributed by atoms with van der Waals surface area (Å²) in [5.41, 5.74) is 9.05. The number of nitrogens with two attached hydrogens (primary N) is 1. The Morgan fingerprint density at radius 3 is 2.46 bits per heavy atom. The lowest BCUT2D eigenvalue weighted by Crippen LogP contribution is -2.26. The molecule has 4 rings (SSSR count). The van der Waals surface area contributed by atoms with Crippen molar-refractivity contribution in [3.63, 3.8) is 0 Å². The number of para-hydroxylation sites is 1. The number of rotatable bonds is 6. The van der Waals surface area contributed by atoms with Crippen LogP contribution < -0.4 is 21.3 Å². The second kappa shape index (κ2) is 9.76. The molecule has 0 atom stereocenters. The van der Waals surface area contributed by atoms with E-state index in [1.165, 1.54) is 16.7 Å². The molecule has 2 aromatic heterocycles. The van der Waals surface area contributed by atoms with Gasteiger partial charge in [0.2, 0.25) is 0 Å². The maximum absolute atomic E-state index is 13.5. The molecule has 0 saturated heterocycles. The van der Waals surface area contributed by atoms with Gasteiger partial charge < -0.3 is 20.4 Å². The van der Waals surface area contributed by atoms with Crippen LogP contribution in [0.2, 0.25) is 0 Å². The molecule has 0 radical (unpaired) electrons. The smallest absolute Gasteiger partial charge is 0.274 e. The Morgan fingerprint density at radius 1 is 1.09 bits per heavy atom. The standard InChI is InChI=1S/C26H24FN5O3/c1-15-12-18(14-32(2)26(15)34)22-21(16-8-10-19(27)11-9-16)31-24(28)23(30-22)25(33)29-13-17-6-4-5-7-20(17)35-3/h4-12,14H,13H2,1-3H3,(H2,28,31)(H,29,33). The van der Waals surface area contributed by atoms with Crippen LogP contribution in [0.1, 0.15) is 21.6 Å². The van der Waals surface area contributed by atoms with Crippen molar-refractivity contribution in [2.75, 3.05) is 12.8 Å². The summed E-state index contributed by atoms with van der Waals surface area (Å²) >= 11 is 0. The highest BCUT2D eigenvalue weighted by Gasteiger charge is 2.21. The average Bonchev–Trinajstić information content (AvgIpc) is 2.86. The van der Waals surface area contributed by atoms with Gasteiger partial charge >= 0.3 is 0 Å². The fourth-order valence-corrected chi connectivity index (χ4v) is 3.74. The van der Waals surface area contributed by atoms with Crippen LogP contribution in [0.5, 0.6) is 5.75 Å². The summed E-state index contributed by atoms with van der Waals surface area (Å²) in [5, 5.41) is 2.80. The van der Waals surface area contributed by atoms with E-state index < -0.39 is 11.7 Å². The van der Waals surface area contributed by atoms with Crippen LogP contribution in [0.4, 0.5) is 10.2 Å². The second-order valence-corrected chi connectivity index (χ2v) is 7.98. The number of amides is 1. The van der Waals surface area contributed by atoms with Crippen molar-refractivity contribution >= 4 is 11.7 Å². The van der Waals surface area contributed by atoms with Gasteiger partial charge in [0, 0.05) is 42.0 Å². The van der Waals surface area contributed by atoms with Crippen molar-refractivity contribution in [1.29, 1.82) is 0 Å². The Morgan fingerprint density at radius 2 is 1.77 bits per heavy atom. The van der Waals surface area contributed by atoms with Crippen molar-refractivity contribution < 1.29 is 13.9 Å². The molecular formula is C26H24FN5O3. The normalized spacial score (nSPS) is 10.7. The van der Waals surface area contributed by atoms with E-state index in [1.54, 1.807) is 51.5 Å². The molecule has 3 N–H and O–H groups in total. The van der Waals surface area contributed by atoms with E-state index >= 15 is 0 Å². The maximum Gasteiger partial charge on any atom is 0.274 e. The van der Waals surface area contributed by atoms with Crippen LogP contribution in [-0.2, 0) is 13.6 Å². The second-order valence-electron chi connectivity index (χ2n) is 7.98. The van der Waals surface area contributed by atoms with Gasteiger partial charge in [-0.05, 0) is 43.3 Å². The monoisotopic (exact) mass is 473 g/mol. The van der Waals surface area contributed by atoms with Crippen LogP contribution in [-0.4, -0.2) is 27.6 Å². The Balaban J connectivity index is 1.79. The van der Waals surface area contributed by atoms with E-state index in [9.17, 15) is 14.0 Å². The summed E-state index contributed by atoms with van der Waals surface area (Å²) in [6.45, 7) is 1.88. The Bertz CT molecular complexity index is 1440. The van der Waals surface area contributed by atoms with Gasteiger partial charge in [-0.3, -0.25) is 9.59 Å². The number of halogens is 1. The van der Waals surface area contributed by atoms with Crippen LogP contribution in [0.15, 0.2) is 65.6 Å². The number of nitrogen functional groups attached to an aromatic ring is 1. The number of hydrogen-bond acceptors (Lipinski definition) is 6. The highest BCUT2D eigenvalue weighted by atomic mass is 19.1. The first-order chi connectivity index (χ1) is 16.8. The number of nitrogens with zero attached hydrogens (tertiary/aromatic N) is 3. The quantitative estimate of drug-likeness (QED) is 0.443. The van der Waals surface area contributed by atoms with Gasteiger partial charge in [0.15, 0.2) is 11.5 Å². The number of ether oxygens (including phenoxy) is 1. The molecule has 4 aromatic rings. The predicted octanol–water partition coefficient (Wildman–Crippen LogP) is 3.48. The molecular weight excluding hydrogens is 449 g/mol. The molecule has 0 aliphatic rings. The van der Waals surface area contributed by atoms with E-state index in [4.69, 9.17) is 10.5 Å². The molecule has 2 heterocycles.